The maximum atomic E-state index is 12.6. The molecule has 5 aliphatic rings. The van der Waals surface area contributed by atoms with E-state index in [-0.39, 0.29) is 23.8 Å². The van der Waals surface area contributed by atoms with E-state index in [1.54, 1.807) is 12.1 Å². The Morgan fingerprint density at radius 1 is 0.969 bits per heavy atom. The molecule has 4 aliphatic carbocycles. The molecule has 2 N–H and O–H groups in total. The molecule has 2 unspecified atom stereocenters. The molecule has 2 amide bonds. The van der Waals surface area contributed by atoms with Gasteiger partial charge in [0.25, 0.3) is 0 Å². The quantitative estimate of drug-likeness (QED) is 0.681. The number of nitrogens with one attached hydrogen (secondary N) is 1. The van der Waals surface area contributed by atoms with Gasteiger partial charge in [-0.3, -0.25) is 14.5 Å². The summed E-state index contributed by atoms with van der Waals surface area (Å²) in [6, 6.07) is 6.95. The molecule has 7 nitrogen and oxygen atoms in total. The van der Waals surface area contributed by atoms with E-state index < -0.39 is 5.97 Å². The zero-order valence-electron chi connectivity index (χ0n) is 18.4. The number of benzene rings is 1. The van der Waals surface area contributed by atoms with Crippen LogP contribution in [0.25, 0.3) is 0 Å². The van der Waals surface area contributed by atoms with Gasteiger partial charge in [0.1, 0.15) is 0 Å². The minimum absolute atomic E-state index is 0.00242. The van der Waals surface area contributed by atoms with Crippen molar-refractivity contribution in [3.63, 3.8) is 0 Å². The van der Waals surface area contributed by atoms with Gasteiger partial charge in [-0.2, -0.15) is 0 Å². The first-order valence-electron chi connectivity index (χ1n) is 12.0. The fraction of sp³-hybridized carbons (Fsp3) is 0.640. The molecule has 6 rings (SSSR count). The first-order valence-corrected chi connectivity index (χ1v) is 12.0. The van der Waals surface area contributed by atoms with Crippen LogP contribution in [0, 0.1) is 28.6 Å². The van der Waals surface area contributed by atoms with E-state index >= 15 is 0 Å². The summed E-state index contributed by atoms with van der Waals surface area (Å²) in [6.07, 6.45) is 5.90. The lowest BCUT2D eigenvalue weighted by molar-refractivity contribution is -0.430. The Kier molecular flexibility index (Phi) is 4.45. The zero-order chi connectivity index (χ0) is 22.1. The largest absolute Gasteiger partial charge is 0.478 e. The third kappa shape index (κ3) is 2.73. The maximum absolute atomic E-state index is 12.6. The molecule has 1 heterocycles. The first-order chi connectivity index (χ1) is 15.4. The summed E-state index contributed by atoms with van der Waals surface area (Å²) < 4.78 is 0. The van der Waals surface area contributed by atoms with Gasteiger partial charge in [-0.05, 0) is 72.0 Å². The summed E-state index contributed by atoms with van der Waals surface area (Å²) >= 11 is 0. The first kappa shape index (κ1) is 20.2. The lowest BCUT2D eigenvalue weighted by Crippen LogP contribution is -2.85. The van der Waals surface area contributed by atoms with Gasteiger partial charge >= 0.3 is 5.97 Å². The normalized spacial score (nSPS) is 36.4. The van der Waals surface area contributed by atoms with Crippen LogP contribution < -0.4 is 5.32 Å². The number of rotatable bonds is 7. The number of carboxylic acid groups (broad SMARTS) is 1. The monoisotopic (exact) mass is 437 g/mol. The van der Waals surface area contributed by atoms with E-state index in [2.05, 4.69) is 10.2 Å². The molecule has 1 saturated heterocycles. The molecule has 1 aliphatic heterocycles. The molecule has 5 fully saturated rings. The van der Waals surface area contributed by atoms with Gasteiger partial charge in [0, 0.05) is 39.1 Å². The molecule has 1 aromatic rings. The zero-order valence-corrected chi connectivity index (χ0v) is 18.4. The minimum Gasteiger partial charge on any atom is -0.478 e. The van der Waals surface area contributed by atoms with Crippen molar-refractivity contribution >= 4 is 17.8 Å². The average molecular weight is 438 g/mol. The average Bonchev–Trinajstić information content (AvgIpc) is 2.73. The number of carbonyl (C=O) groups excluding carboxylic acids is 2. The van der Waals surface area contributed by atoms with Gasteiger partial charge in [-0.15, -0.1) is 0 Å². The van der Waals surface area contributed by atoms with Crippen molar-refractivity contribution in [3.8, 4) is 0 Å². The molecule has 0 radical (unpaired) electrons. The third-order valence-corrected chi connectivity index (χ3v) is 9.63. The van der Waals surface area contributed by atoms with Crippen LogP contribution in [0.4, 0.5) is 0 Å². The predicted octanol–water partition coefficient (Wildman–Crippen LogP) is 1.97. The smallest absolute Gasteiger partial charge is 0.335 e. The van der Waals surface area contributed by atoms with Crippen molar-refractivity contribution in [2.75, 3.05) is 32.7 Å². The number of amides is 2. The van der Waals surface area contributed by atoms with Crippen LogP contribution in [0.5, 0.6) is 0 Å². The Labute approximate surface area is 188 Å². The highest BCUT2D eigenvalue weighted by molar-refractivity contribution is 5.87. The van der Waals surface area contributed by atoms with Crippen molar-refractivity contribution < 1.29 is 19.5 Å². The Balaban J connectivity index is 0.931. The number of nitrogens with zero attached hydrogens (tertiary/aromatic N) is 2. The number of aromatic carboxylic acids is 1. The van der Waals surface area contributed by atoms with Crippen LogP contribution in [0.15, 0.2) is 24.3 Å². The second-order valence-corrected chi connectivity index (χ2v) is 10.8. The van der Waals surface area contributed by atoms with Gasteiger partial charge in [-0.1, -0.05) is 12.1 Å². The summed E-state index contributed by atoms with van der Waals surface area (Å²) in [5.41, 5.74) is 2.20. The highest BCUT2D eigenvalue weighted by atomic mass is 16.4. The van der Waals surface area contributed by atoms with Gasteiger partial charge < -0.3 is 15.3 Å². The molecular formula is C25H31N3O4. The fourth-order valence-electron chi connectivity index (χ4n) is 8.28. The predicted molar refractivity (Wildman–Crippen MR) is 117 cm³/mol. The van der Waals surface area contributed by atoms with Gasteiger partial charge in [0.05, 0.1) is 12.1 Å². The van der Waals surface area contributed by atoms with Crippen LogP contribution >= 0.6 is 0 Å². The second-order valence-electron chi connectivity index (χ2n) is 10.8. The van der Waals surface area contributed by atoms with Gasteiger partial charge in [0.2, 0.25) is 11.8 Å². The summed E-state index contributed by atoms with van der Waals surface area (Å²) in [4.78, 5) is 40.3. The van der Waals surface area contributed by atoms with Crippen LogP contribution in [0.2, 0.25) is 0 Å². The topological polar surface area (TPSA) is 90.0 Å². The SMILES string of the molecule is O=C(CC12CC3CC4CC(C1)C432)NCC(=O)N1CCN(Cc2ccc(C(=O)O)cc2)CC1. The summed E-state index contributed by atoms with van der Waals surface area (Å²) in [6.45, 7) is 3.70. The van der Waals surface area contributed by atoms with E-state index in [0.29, 0.717) is 30.5 Å². The van der Waals surface area contributed by atoms with E-state index in [1.165, 1.54) is 25.7 Å². The van der Waals surface area contributed by atoms with Crippen molar-refractivity contribution in [1.29, 1.82) is 0 Å². The van der Waals surface area contributed by atoms with Crippen LogP contribution in [0.3, 0.4) is 0 Å². The Morgan fingerprint density at radius 3 is 2.19 bits per heavy atom. The fourth-order valence-corrected chi connectivity index (χ4v) is 8.28. The molecule has 0 aromatic heterocycles. The second kappa shape index (κ2) is 7.04. The summed E-state index contributed by atoms with van der Waals surface area (Å²) in [7, 11) is 0. The molecular weight excluding hydrogens is 406 g/mol. The van der Waals surface area contributed by atoms with Crippen LogP contribution in [0.1, 0.15) is 48.0 Å². The van der Waals surface area contributed by atoms with E-state index in [0.717, 1.165) is 43.0 Å². The van der Waals surface area contributed by atoms with Crippen molar-refractivity contribution in [1.82, 2.24) is 15.1 Å². The Hall–Kier alpha value is -2.41. The van der Waals surface area contributed by atoms with Crippen molar-refractivity contribution in [2.45, 2.75) is 38.6 Å². The molecule has 2 atom stereocenters. The Morgan fingerprint density at radius 2 is 1.62 bits per heavy atom. The number of carboxylic acids is 1. The number of carbonyl (C=O) groups is 3. The lowest BCUT2D eigenvalue weighted by Gasteiger charge is -2.91. The van der Waals surface area contributed by atoms with Crippen molar-refractivity contribution in [2.24, 2.45) is 28.6 Å². The number of hydrogen-bond acceptors (Lipinski definition) is 4. The summed E-state index contributed by atoms with van der Waals surface area (Å²) in [5, 5.41) is 11.9. The van der Waals surface area contributed by atoms with E-state index in [1.807, 2.05) is 17.0 Å². The van der Waals surface area contributed by atoms with E-state index in [9.17, 15) is 14.4 Å². The van der Waals surface area contributed by atoms with Crippen molar-refractivity contribution in [3.05, 3.63) is 35.4 Å². The molecule has 32 heavy (non-hydrogen) atoms. The van der Waals surface area contributed by atoms with Crippen LogP contribution in [-0.4, -0.2) is 65.4 Å². The Bertz CT molecular complexity index is 940. The minimum atomic E-state index is -0.917. The molecule has 0 bridgehead atoms. The van der Waals surface area contributed by atoms with Crippen LogP contribution in [-0.2, 0) is 16.1 Å². The maximum Gasteiger partial charge on any atom is 0.335 e. The third-order valence-electron chi connectivity index (χ3n) is 9.63. The van der Waals surface area contributed by atoms with Gasteiger partial charge in [0.15, 0.2) is 0 Å². The standard InChI is InChI=1S/C25H31N3O4/c29-21(13-24-11-19-9-18-10-20(12-24)25(18,19)24)26-14-22(30)28-7-5-27(6-8-28)15-16-1-3-17(4-2-16)23(31)32/h1-4,18-20H,5-15H2,(H,26,29)(H,31,32). The molecule has 1 spiro atoms. The number of piperazine rings is 1. The van der Waals surface area contributed by atoms with Gasteiger partial charge in [-0.25, -0.2) is 4.79 Å². The number of hydrogen-bond donors (Lipinski definition) is 2. The lowest BCUT2D eigenvalue weighted by atomic mass is 9.13. The highest BCUT2D eigenvalue weighted by Gasteiger charge is 2.87. The molecule has 1 aromatic carbocycles. The molecule has 4 saturated carbocycles. The van der Waals surface area contributed by atoms with E-state index in [4.69, 9.17) is 5.11 Å². The summed E-state index contributed by atoms with van der Waals surface area (Å²) in [5.74, 6) is 1.86. The molecule has 170 valence electrons. The molecule has 7 heteroatoms. The highest BCUT2D eigenvalue weighted by Crippen LogP contribution is 2.93.